The first-order valence-electron chi connectivity index (χ1n) is 8.32. The predicted molar refractivity (Wildman–Crippen MR) is 101 cm³/mol. The number of methoxy groups -OCH3 is 1. The number of carbonyl (C=O) groups is 1. The van der Waals surface area contributed by atoms with Crippen LogP contribution in [0.25, 0.3) is 0 Å². The first-order valence-corrected chi connectivity index (χ1v) is 10.2. The molecule has 2 aromatic carbocycles. The molecule has 0 bridgehead atoms. The van der Waals surface area contributed by atoms with E-state index < -0.39 is 10.0 Å². The highest BCUT2D eigenvalue weighted by molar-refractivity contribution is 7.88. The number of nitrogens with one attached hydrogen (secondary N) is 1. The molecule has 0 unspecified atom stereocenters. The first-order chi connectivity index (χ1) is 12.3. The third-order valence-corrected chi connectivity index (χ3v) is 5.13. The molecule has 2 aromatic rings. The minimum atomic E-state index is -3.27. The van der Waals surface area contributed by atoms with Crippen molar-refractivity contribution < 1.29 is 17.9 Å². The van der Waals surface area contributed by atoms with Crippen LogP contribution in [0.3, 0.4) is 0 Å². The highest BCUT2D eigenvalue weighted by atomic mass is 32.2. The Hall–Kier alpha value is -2.38. The molecule has 26 heavy (non-hydrogen) atoms. The van der Waals surface area contributed by atoms with Gasteiger partial charge in [-0.25, -0.2) is 13.1 Å². The van der Waals surface area contributed by atoms with Crippen LogP contribution in [0, 0.1) is 0 Å². The summed E-state index contributed by atoms with van der Waals surface area (Å²) < 4.78 is 30.3. The lowest BCUT2D eigenvalue weighted by Crippen LogP contribution is -2.35. The Kier molecular flexibility index (Phi) is 5.02. The molecule has 0 saturated heterocycles. The third kappa shape index (κ3) is 3.89. The SMILES string of the molecule is COc1ccc(C(=O)N2c3cc(CNS(C)(=O)=O)ccc3C[C@@H]2C)cc1. The van der Waals surface area contributed by atoms with Crippen molar-refractivity contribution in [2.75, 3.05) is 18.3 Å². The van der Waals surface area contributed by atoms with Gasteiger partial charge in [0.1, 0.15) is 5.75 Å². The van der Waals surface area contributed by atoms with Gasteiger partial charge in [0.05, 0.1) is 13.4 Å². The maximum atomic E-state index is 13.0. The van der Waals surface area contributed by atoms with Gasteiger partial charge in [0.15, 0.2) is 0 Å². The minimum absolute atomic E-state index is 0.0396. The smallest absolute Gasteiger partial charge is 0.258 e. The van der Waals surface area contributed by atoms with E-state index in [9.17, 15) is 13.2 Å². The molecule has 1 N–H and O–H groups in total. The standard InChI is InChI=1S/C19H22N2O4S/c1-13-10-16-5-4-14(12-20-26(3,23)24)11-18(16)21(13)19(22)15-6-8-17(25-2)9-7-15/h4-9,11,13,20H,10,12H2,1-3H3/t13-/m0/s1. The highest BCUT2D eigenvalue weighted by Gasteiger charge is 2.31. The Morgan fingerprint density at radius 3 is 2.54 bits per heavy atom. The Morgan fingerprint density at radius 2 is 1.92 bits per heavy atom. The van der Waals surface area contributed by atoms with E-state index >= 15 is 0 Å². The number of hydrogen-bond donors (Lipinski definition) is 1. The van der Waals surface area contributed by atoms with Crippen molar-refractivity contribution in [1.82, 2.24) is 4.72 Å². The number of fused-ring (bicyclic) bond motifs is 1. The number of anilines is 1. The molecule has 1 heterocycles. The average molecular weight is 374 g/mol. The largest absolute Gasteiger partial charge is 0.497 e. The highest BCUT2D eigenvalue weighted by Crippen LogP contribution is 2.34. The summed E-state index contributed by atoms with van der Waals surface area (Å²) in [5.41, 5.74) is 3.33. The van der Waals surface area contributed by atoms with Crippen LogP contribution >= 0.6 is 0 Å². The Balaban J connectivity index is 1.88. The summed E-state index contributed by atoms with van der Waals surface area (Å²) in [5, 5.41) is 0. The molecule has 0 spiro atoms. The molecule has 0 fully saturated rings. The van der Waals surface area contributed by atoms with E-state index in [1.54, 1.807) is 36.3 Å². The van der Waals surface area contributed by atoms with E-state index in [0.29, 0.717) is 11.3 Å². The van der Waals surface area contributed by atoms with Gasteiger partial charge in [-0.05, 0) is 54.8 Å². The van der Waals surface area contributed by atoms with Gasteiger partial charge >= 0.3 is 0 Å². The lowest BCUT2D eigenvalue weighted by molar-refractivity contribution is 0.0981. The number of carbonyl (C=O) groups excluding carboxylic acids is 1. The van der Waals surface area contributed by atoms with E-state index in [4.69, 9.17) is 4.74 Å². The molecule has 0 aromatic heterocycles. The van der Waals surface area contributed by atoms with Crippen LogP contribution in [-0.2, 0) is 23.0 Å². The number of ether oxygens (including phenoxy) is 1. The molecule has 3 rings (SSSR count). The van der Waals surface area contributed by atoms with E-state index in [1.807, 2.05) is 25.1 Å². The quantitative estimate of drug-likeness (QED) is 0.872. The van der Waals surface area contributed by atoms with Crippen molar-refractivity contribution in [3.8, 4) is 5.75 Å². The van der Waals surface area contributed by atoms with E-state index in [2.05, 4.69) is 4.72 Å². The molecule has 0 aliphatic carbocycles. The molecule has 6 nitrogen and oxygen atoms in total. The molecule has 0 radical (unpaired) electrons. The van der Waals surface area contributed by atoms with Gasteiger partial charge in [0, 0.05) is 23.8 Å². The molecule has 1 atom stereocenters. The van der Waals surface area contributed by atoms with Gasteiger partial charge in [-0.2, -0.15) is 0 Å². The molecule has 7 heteroatoms. The van der Waals surface area contributed by atoms with Gasteiger partial charge < -0.3 is 9.64 Å². The maximum absolute atomic E-state index is 13.0. The minimum Gasteiger partial charge on any atom is -0.497 e. The summed E-state index contributed by atoms with van der Waals surface area (Å²) >= 11 is 0. The van der Waals surface area contributed by atoms with Crippen LogP contribution in [0.4, 0.5) is 5.69 Å². The third-order valence-electron chi connectivity index (χ3n) is 4.46. The first kappa shape index (κ1) is 18.4. The zero-order chi connectivity index (χ0) is 18.9. The zero-order valence-corrected chi connectivity index (χ0v) is 15.8. The van der Waals surface area contributed by atoms with Crippen molar-refractivity contribution in [3.63, 3.8) is 0 Å². The molecule has 1 aliphatic heterocycles. The summed E-state index contributed by atoms with van der Waals surface area (Å²) in [4.78, 5) is 14.8. The van der Waals surface area contributed by atoms with E-state index in [0.717, 1.165) is 29.5 Å². The number of nitrogens with zero attached hydrogens (tertiary/aromatic N) is 1. The molecule has 1 aliphatic rings. The van der Waals surface area contributed by atoms with Crippen LogP contribution < -0.4 is 14.4 Å². The number of rotatable bonds is 5. The summed E-state index contributed by atoms with van der Waals surface area (Å²) in [5.74, 6) is 0.623. The fraction of sp³-hybridized carbons (Fsp3) is 0.316. The van der Waals surface area contributed by atoms with Crippen molar-refractivity contribution in [2.24, 2.45) is 0 Å². The fourth-order valence-corrected chi connectivity index (χ4v) is 3.59. The molecule has 0 saturated carbocycles. The number of amides is 1. The van der Waals surface area contributed by atoms with Gasteiger partial charge in [-0.1, -0.05) is 12.1 Å². The van der Waals surface area contributed by atoms with Crippen LogP contribution in [0.15, 0.2) is 42.5 Å². The van der Waals surface area contributed by atoms with E-state index in [-0.39, 0.29) is 18.5 Å². The van der Waals surface area contributed by atoms with E-state index in [1.165, 1.54) is 0 Å². The van der Waals surface area contributed by atoms with Crippen LogP contribution in [-0.4, -0.2) is 33.7 Å². The monoisotopic (exact) mass is 374 g/mol. The lowest BCUT2D eigenvalue weighted by Gasteiger charge is -2.23. The second-order valence-electron chi connectivity index (χ2n) is 6.51. The summed E-state index contributed by atoms with van der Waals surface area (Å²) in [7, 11) is -1.68. The predicted octanol–water partition coefficient (Wildman–Crippen LogP) is 2.34. The summed E-state index contributed by atoms with van der Waals surface area (Å²) in [6, 6.07) is 12.8. The molecule has 138 valence electrons. The Bertz CT molecular complexity index is 923. The number of benzene rings is 2. The second-order valence-corrected chi connectivity index (χ2v) is 8.35. The zero-order valence-electron chi connectivity index (χ0n) is 15.0. The molecular formula is C19H22N2O4S. The van der Waals surface area contributed by atoms with Gasteiger partial charge in [-0.3, -0.25) is 4.79 Å². The molecule has 1 amide bonds. The lowest BCUT2D eigenvalue weighted by atomic mass is 10.1. The fourth-order valence-electron chi connectivity index (χ4n) is 3.16. The second kappa shape index (κ2) is 7.09. The van der Waals surface area contributed by atoms with Crippen LogP contribution in [0.2, 0.25) is 0 Å². The Labute approximate surface area is 153 Å². The van der Waals surface area contributed by atoms with Crippen LogP contribution in [0.1, 0.15) is 28.4 Å². The van der Waals surface area contributed by atoms with Crippen molar-refractivity contribution in [3.05, 3.63) is 59.2 Å². The topological polar surface area (TPSA) is 75.7 Å². The summed E-state index contributed by atoms with van der Waals surface area (Å²) in [6.45, 7) is 2.21. The number of hydrogen-bond acceptors (Lipinski definition) is 4. The normalized spacial score (nSPS) is 16.4. The number of sulfonamides is 1. The Morgan fingerprint density at radius 1 is 1.23 bits per heavy atom. The van der Waals surface area contributed by atoms with Gasteiger partial charge in [0.2, 0.25) is 10.0 Å². The van der Waals surface area contributed by atoms with Crippen LogP contribution in [0.5, 0.6) is 5.75 Å². The maximum Gasteiger partial charge on any atom is 0.258 e. The van der Waals surface area contributed by atoms with Gasteiger partial charge in [-0.15, -0.1) is 0 Å². The summed E-state index contributed by atoms with van der Waals surface area (Å²) in [6.07, 6.45) is 1.90. The van der Waals surface area contributed by atoms with Gasteiger partial charge in [0.25, 0.3) is 5.91 Å². The van der Waals surface area contributed by atoms with Crippen molar-refractivity contribution >= 4 is 21.6 Å². The average Bonchev–Trinajstić information content (AvgIpc) is 2.94. The molecular weight excluding hydrogens is 352 g/mol. The van der Waals surface area contributed by atoms with Crippen molar-refractivity contribution in [1.29, 1.82) is 0 Å². The van der Waals surface area contributed by atoms with Crippen molar-refractivity contribution in [2.45, 2.75) is 25.9 Å².